The number of nitriles is 1. The van der Waals surface area contributed by atoms with Gasteiger partial charge in [0.2, 0.25) is 0 Å². The summed E-state index contributed by atoms with van der Waals surface area (Å²) in [7, 11) is 3.98. The van der Waals surface area contributed by atoms with Crippen LogP contribution in [0.4, 0.5) is 19.0 Å². The van der Waals surface area contributed by atoms with E-state index >= 15 is 0 Å². The first-order valence-electron chi connectivity index (χ1n) is 6.72. The van der Waals surface area contributed by atoms with Crippen molar-refractivity contribution < 1.29 is 13.2 Å². The molecule has 2 heterocycles. The van der Waals surface area contributed by atoms with E-state index in [1.165, 1.54) is 6.07 Å². The molecule has 2 rings (SSSR count). The molecule has 114 valence electrons. The van der Waals surface area contributed by atoms with Crippen LogP contribution in [0, 0.1) is 11.3 Å². The molecule has 0 atom stereocenters. The second-order valence-electron chi connectivity index (χ2n) is 5.36. The molecule has 1 saturated heterocycles. The van der Waals surface area contributed by atoms with Crippen LogP contribution in [-0.2, 0) is 6.18 Å². The van der Waals surface area contributed by atoms with Crippen LogP contribution in [0.15, 0.2) is 12.1 Å². The molecule has 0 radical (unpaired) electrons. The summed E-state index contributed by atoms with van der Waals surface area (Å²) in [6.45, 7) is 1.21. The first-order chi connectivity index (χ1) is 9.82. The van der Waals surface area contributed by atoms with Gasteiger partial charge in [0.05, 0.1) is 5.56 Å². The third-order valence-electron chi connectivity index (χ3n) is 3.78. The van der Waals surface area contributed by atoms with Gasteiger partial charge in [-0.15, -0.1) is 0 Å². The van der Waals surface area contributed by atoms with Gasteiger partial charge in [0.1, 0.15) is 17.6 Å². The average molecular weight is 298 g/mol. The number of rotatable bonds is 2. The van der Waals surface area contributed by atoms with Crippen molar-refractivity contribution >= 4 is 5.82 Å². The topological polar surface area (TPSA) is 43.2 Å². The van der Waals surface area contributed by atoms with E-state index in [1.54, 1.807) is 4.90 Å². The highest BCUT2D eigenvalue weighted by atomic mass is 19.4. The van der Waals surface area contributed by atoms with E-state index in [9.17, 15) is 13.2 Å². The molecule has 1 aliphatic heterocycles. The minimum atomic E-state index is -4.50. The van der Waals surface area contributed by atoms with Crippen molar-refractivity contribution in [3.63, 3.8) is 0 Å². The molecule has 0 bridgehead atoms. The number of piperidine rings is 1. The Morgan fingerprint density at radius 2 is 1.90 bits per heavy atom. The largest absolute Gasteiger partial charge is 0.433 e. The fourth-order valence-electron chi connectivity index (χ4n) is 2.53. The third kappa shape index (κ3) is 3.45. The predicted octanol–water partition coefficient (Wildman–Crippen LogP) is 2.50. The van der Waals surface area contributed by atoms with Crippen molar-refractivity contribution in [2.24, 2.45) is 0 Å². The molecular formula is C14H17F3N4. The maximum absolute atomic E-state index is 12.8. The number of hydrogen-bond donors (Lipinski definition) is 0. The van der Waals surface area contributed by atoms with Gasteiger partial charge in [0.25, 0.3) is 0 Å². The Morgan fingerprint density at radius 1 is 1.29 bits per heavy atom. The zero-order valence-electron chi connectivity index (χ0n) is 12.0. The van der Waals surface area contributed by atoms with Crippen molar-refractivity contribution in [3.8, 4) is 6.07 Å². The summed E-state index contributed by atoms with van der Waals surface area (Å²) in [5.41, 5.74) is -0.766. The molecule has 0 unspecified atom stereocenters. The molecule has 0 amide bonds. The Hall–Kier alpha value is -1.81. The zero-order valence-corrected chi connectivity index (χ0v) is 12.0. The van der Waals surface area contributed by atoms with Crippen molar-refractivity contribution in [2.75, 3.05) is 32.1 Å². The summed E-state index contributed by atoms with van der Waals surface area (Å²) < 4.78 is 38.3. The Kier molecular flexibility index (Phi) is 4.37. The van der Waals surface area contributed by atoms with Crippen molar-refractivity contribution in [2.45, 2.75) is 25.1 Å². The number of nitrogens with zero attached hydrogens (tertiary/aromatic N) is 4. The van der Waals surface area contributed by atoms with Crippen LogP contribution in [0.25, 0.3) is 0 Å². The Labute approximate surface area is 121 Å². The van der Waals surface area contributed by atoms with E-state index < -0.39 is 11.9 Å². The smallest absolute Gasteiger partial charge is 0.355 e. The normalized spacial score (nSPS) is 17.1. The van der Waals surface area contributed by atoms with E-state index in [4.69, 9.17) is 5.26 Å². The molecule has 1 aromatic rings. The lowest BCUT2D eigenvalue weighted by Gasteiger charge is -2.36. The average Bonchev–Trinajstić information content (AvgIpc) is 2.45. The number of alkyl halides is 3. The van der Waals surface area contributed by atoms with Crippen LogP contribution in [0.1, 0.15) is 24.1 Å². The van der Waals surface area contributed by atoms with Crippen LogP contribution >= 0.6 is 0 Å². The molecule has 0 aromatic carbocycles. The van der Waals surface area contributed by atoms with Crippen molar-refractivity contribution in [1.29, 1.82) is 5.26 Å². The maximum atomic E-state index is 12.8. The first kappa shape index (κ1) is 15.6. The Balaban J connectivity index is 2.25. The summed E-state index contributed by atoms with van der Waals surface area (Å²) in [5.74, 6) is 0.143. The van der Waals surface area contributed by atoms with Crippen LogP contribution < -0.4 is 4.90 Å². The first-order valence-corrected chi connectivity index (χ1v) is 6.72. The summed E-state index contributed by atoms with van der Waals surface area (Å²) in [6, 6.07) is 4.39. The highest BCUT2D eigenvalue weighted by Crippen LogP contribution is 2.31. The molecule has 1 aromatic heterocycles. The van der Waals surface area contributed by atoms with Gasteiger partial charge >= 0.3 is 6.18 Å². The van der Waals surface area contributed by atoms with E-state index in [0.717, 1.165) is 18.9 Å². The van der Waals surface area contributed by atoms with E-state index in [1.807, 2.05) is 20.2 Å². The number of aromatic nitrogens is 1. The lowest BCUT2D eigenvalue weighted by atomic mass is 10.0. The van der Waals surface area contributed by atoms with E-state index in [0.29, 0.717) is 19.1 Å². The molecule has 4 nitrogen and oxygen atoms in total. The highest BCUT2D eigenvalue weighted by Gasteiger charge is 2.34. The molecule has 1 aliphatic rings. The standard InChI is InChI=1S/C14H17F3N4/c1-20(2)11-5-7-21(8-6-11)13-10(9-18)3-4-12(19-13)14(15,16)17/h3-4,11H,5-8H2,1-2H3. The summed E-state index contributed by atoms with van der Waals surface area (Å²) in [6.07, 6.45) is -2.81. The monoisotopic (exact) mass is 298 g/mol. The Bertz CT molecular complexity index is 540. The van der Waals surface area contributed by atoms with E-state index in [2.05, 4.69) is 9.88 Å². The minimum absolute atomic E-state index is 0.143. The lowest BCUT2D eigenvalue weighted by molar-refractivity contribution is -0.141. The van der Waals surface area contributed by atoms with Crippen molar-refractivity contribution in [3.05, 3.63) is 23.4 Å². The third-order valence-corrected chi connectivity index (χ3v) is 3.78. The molecule has 0 saturated carbocycles. The SMILES string of the molecule is CN(C)C1CCN(c2nc(C(F)(F)F)ccc2C#N)CC1. The minimum Gasteiger partial charge on any atom is -0.355 e. The van der Waals surface area contributed by atoms with Gasteiger partial charge in [0, 0.05) is 19.1 Å². The van der Waals surface area contributed by atoms with E-state index in [-0.39, 0.29) is 11.4 Å². The van der Waals surface area contributed by atoms with Gasteiger partial charge in [0.15, 0.2) is 0 Å². The van der Waals surface area contributed by atoms with Gasteiger partial charge in [-0.25, -0.2) is 4.98 Å². The number of halogens is 3. The van der Waals surface area contributed by atoms with Gasteiger partial charge in [-0.05, 0) is 39.1 Å². The van der Waals surface area contributed by atoms with Gasteiger partial charge in [-0.2, -0.15) is 18.4 Å². The molecule has 7 heteroatoms. The fourth-order valence-corrected chi connectivity index (χ4v) is 2.53. The molecule has 0 N–H and O–H groups in total. The molecule has 21 heavy (non-hydrogen) atoms. The number of pyridine rings is 1. The molecule has 0 spiro atoms. The Morgan fingerprint density at radius 3 is 2.38 bits per heavy atom. The summed E-state index contributed by atoms with van der Waals surface area (Å²) >= 11 is 0. The van der Waals surface area contributed by atoms with Gasteiger partial charge < -0.3 is 9.80 Å². The quantitative estimate of drug-likeness (QED) is 0.841. The number of hydrogen-bond acceptors (Lipinski definition) is 4. The van der Waals surface area contributed by atoms with Gasteiger partial charge in [-0.1, -0.05) is 0 Å². The second kappa shape index (κ2) is 5.90. The second-order valence-corrected chi connectivity index (χ2v) is 5.36. The molecular weight excluding hydrogens is 281 g/mol. The van der Waals surface area contributed by atoms with Gasteiger partial charge in [-0.3, -0.25) is 0 Å². The summed E-state index contributed by atoms with van der Waals surface area (Å²) in [4.78, 5) is 7.56. The predicted molar refractivity (Wildman–Crippen MR) is 72.9 cm³/mol. The lowest BCUT2D eigenvalue weighted by Crippen LogP contribution is -2.42. The molecule has 1 fully saturated rings. The van der Waals surface area contributed by atoms with Crippen LogP contribution in [0.2, 0.25) is 0 Å². The van der Waals surface area contributed by atoms with Crippen molar-refractivity contribution in [1.82, 2.24) is 9.88 Å². The zero-order chi connectivity index (χ0) is 15.6. The molecule has 0 aliphatic carbocycles. The maximum Gasteiger partial charge on any atom is 0.433 e. The highest BCUT2D eigenvalue weighted by molar-refractivity contribution is 5.54. The summed E-state index contributed by atoms with van der Waals surface area (Å²) in [5, 5.41) is 9.08. The number of anilines is 1. The van der Waals surface area contributed by atoms with Crippen LogP contribution in [0.5, 0.6) is 0 Å². The van der Waals surface area contributed by atoms with Crippen LogP contribution in [-0.4, -0.2) is 43.1 Å². The van der Waals surface area contributed by atoms with Crippen LogP contribution in [0.3, 0.4) is 0 Å². The fraction of sp³-hybridized carbons (Fsp3) is 0.571.